The molecule has 4 heterocycles. The quantitative estimate of drug-likeness (QED) is 0.0204. The Bertz CT molecular complexity index is 3220. The van der Waals surface area contributed by atoms with Crippen LogP contribution in [0.2, 0.25) is 0 Å². The smallest absolute Gasteiger partial charge is 0.358 e. The summed E-state index contributed by atoms with van der Waals surface area (Å²) in [7, 11) is 0. The number of rotatable bonds is 28. The number of aromatic nitrogens is 2. The van der Waals surface area contributed by atoms with Crippen LogP contribution < -0.4 is 22.1 Å². The summed E-state index contributed by atoms with van der Waals surface area (Å²) in [5.74, 6) is -5.98. The van der Waals surface area contributed by atoms with Crippen molar-refractivity contribution >= 4 is 63.8 Å². The molecule has 9 rings (SSSR count). The number of benzene rings is 5. The molecule has 5 aromatic carbocycles. The van der Waals surface area contributed by atoms with Gasteiger partial charge in [-0.15, -0.1) is 22.7 Å². The fourth-order valence-corrected chi connectivity index (χ4v) is 13.6. The van der Waals surface area contributed by atoms with Crippen molar-refractivity contribution in [2.45, 2.75) is 113 Å². The van der Waals surface area contributed by atoms with Gasteiger partial charge in [0, 0.05) is 49.3 Å². The number of unbranched alkanes of at least 4 members (excludes halogenated alkanes) is 2. The highest BCUT2D eigenvalue weighted by atomic mass is 32.1. The van der Waals surface area contributed by atoms with E-state index in [-0.39, 0.29) is 72.7 Å². The first-order chi connectivity index (χ1) is 41.0. The Morgan fingerprint density at radius 2 is 1.15 bits per heavy atom. The number of amides is 4. The van der Waals surface area contributed by atoms with Crippen LogP contribution in [0, 0.1) is 5.92 Å². The van der Waals surface area contributed by atoms with Gasteiger partial charge in [-0.1, -0.05) is 152 Å². The van der Waals surface area contributed by atoms with E-state index in [2.05, 4.69) is 15.6 Å². The van der Waals surface area contributed by atoms with Crippen LogP contribution in [-0.4, -0.2) is 105 Å². The van der Waals surface area contributed by atoms with Crippen molar-refractivity contribution in [3.63, 3.8) is 0 Å². The zero-order valence-corrected chi connectivity index (χ0v) is 48.6. The van der Waals surface area contributed by atoms with Crippen molar-refractivity contribution in [2.24, 2.45) is 17.4 Å². The molecule has 0 aliphatic carbocycles. The number of esters is 1. The number of carbonyl (C=O) groups is 7. The van der Waals surface area contributed by atoms with Crippen molar-refractivity contribution in [3.05, 3.63) is 212 Å². The minimum absolute atomic E-state index is 0.00535. The van der Waals surface area contributed by atoms with Gasteiger partial charge in [-0.3, -0.25) is 28.8 Å². The number of hydrogen-bond donors (Lipinski definition) is 4. The number of likely N-dealkylation sites (tertiary alicyclic amines) is 2. The Morgan fingerprint density at radius 3 is 1.69 bits per heavy atom. The molecule has 2 aliphatic rings. The van der Waals surface area contributed by atoms with Gasteiger partial charge in [-0.05, 0) is 98.7 Å². The minimum Gasteiger partial charge on any atom is -0.456 e. The van der Waals surface area contributed by atoms with Crippen LogP contribution in [0.25, 0.3) is 0 Å². The summed E-state index contributed by atoms with van der Waals surface area (Å²) in [5.41, 5.74) is 15.4. The van der Waals surface area contributed by atoms with E-state index < -0.39 is 70.8 Å². The summed E-state index contributed by atoms with van der Waals surface area (Å²) >= 11 is 2.04. The molecular formula is C66H72N8O8S2. The molecule has 0 spiro atoms. The van der Waals surface area contributed by atoms with E-state index in [0.29, 0.717) is 58.2 Å². The Morgan fingerprint density at radius 1 is 0.619 bits per heavy atom. The van der Waals surface area contributed by atoms with Crippen molar-refractivity contribution < 1.29 is 38.3 Å². The SMILES string of the molecule is NCCCC[C@H](NC(=O)[C@]1(c2nccs2)C(C(=O)[C@H](CCCCN)NC(=O)[C@@H]2CCCN2C(=O)CC(c2ccccc2)c2ccccc2)CCN1C(=O)CC(c1ccccc1)c1ccccc1)C(=O)c1scnc1C(=O)OCc1ccccc1. The van der Waals surface area contributed by atoms with E-state index in [0.717, 1.165) is 50.5 Å². The summed E-state index contributed by atoms with van der Waals surface area (Å²) in [5, 5.41) is 7.96. The van der Waals surface area contributed by atoms with Crippen LogP contribution in [0.1, 0.15) is 135 Å². The number of nitrogens with two attached hydrogens (primary N) is 2. The van der Waals surface area contributed by atoms with Crippen LogP contribution in [-0.2, 0) is 40.9 Å². The van der Waals surface area contributed by atoms with E-state index in [1.165, 1.54) is 16.6 Å². The van der Waals surface area contributed by atoms with Gasteiger partial charge in [0.15, 0.2) is 22.8 Å². The number of ketones is 2. The minimum atomic E-state index is -2.16. The van der Waals surface area contributed by atoms with Crippen LogP contribution in [0.5, 0.6) is 0 Å². The zero-order valence-electron chi connectivity index (χ0n) is 47.0. The van der Waals surface area contributed by atoms with Gasteiger partial charge in [-0.25, -0.2) is 14.8 Å². The van der Waals surface area contributed by atoms with Crippen LogP contribution in [0.4, 0.5) is 0 Å². The lowest BCUT2D eigenvalue weighted by Crippen LogP contribution is -2.63. The standard InChI is InChI=1S/C66H72N8O8S2/c67-35-18-16-31-53(71-62(79)55-33-20-38-73(55)56(75)41-50(46-23-8-2-9-24-46)47-25-10-3-11-26-47)59(77)52-34-39-74(57(76)42-51(48-27-12-4-13-28-48)49-29-14-5-15-30-49)66(52,65-69-37-40-83-65)64(81)72-54(32-17-19-36-68)60(78)61-58(70-44-84-61)63(80)82-43-45-21-6-1-7-22-45/h1-15,21-30,37,40,44,50-55H,16-20,31-36,38-39,41-43,67-68H2,(H,71,79)(H,72,81)/t52?,53-,54-,55-,66-/m0/s1. The Kier molecular flexibility index (Phi) is 21.2. The van der Waals surface area contributed by atoms with E-state index in [4.69, 9.17) is 21.2 Å². The molecule has 1 unspecified atom stereocenters. The van der Waals surface area contributed by atoms with Gasteiger partial charge in [0.25, 0.3) is 5.91 Å². The van der Waals surface area contributed by atoms with Crippen molar-refractivity contribution in [1.82, 2.24) is 30.4 Å². The normalized spacial score (nSPS) is 17.4. The largest absolute Gasteiger partial charge is 0.456 e. The third-order valence-corrected chi connectivity index (χ3v) is 17.9. The Labute approximate surface area is 498 Å². The molecule has 5 atom stereocenters. The molecule has 2 aromatic heterocycles. The van der Waals surface area contributed by atoms with Crippen LogP contribution in [0.3, 0.4) is 0 Å². The van der Waals surface area contributed by atoms with Crippen molar-refractivity contribution in [2.75, 3.05) is 26.2 Å². The van der Waals surface area contributed by atoms with Crippen LogP contribution >= 0.6 is 22.7 Å². The number of hydrogen-bond acceptors (Lipinski definition) is 14. The van der Waals surface area contributed by atoms with Gasteiger partial charge < -0.3 is 36.6 Å². The maximum atomic E-state index is 16.3. The molecule has 84 heavy (non-hydrogen) atoms. The fourth-order valence-electron chi connectivity index (χ4n) is 11.9. The number of Topliss-reactive ketones (excluding diaryl/α,β-unsaturated/α-hetero) is 2. The number of carbonyl (C=O) groups excluding carboxylic acids is 7. The molecule has 0 bridgehead atoms. The lowest BCUT2D eigenvalue weighted by Gasteiger charge is -2.41. The van der Waals surface area contributed by atoms with Crippen molar-refractivity contribution in [1.29, 1.82) is 0 Å². The Balaban J connectivity index is 1.07. The lowest BCUT2D eigenvalue weighted by molar-refractivity contribution is -0.151. The number of ether oxygens (including phenoxy) is 1. The predicted molar refractivity (Wildman–Crippen MR) is 324 cm³/mol. The van der Waals surface area contributed by atoms with Gasteiger partial charge in [0.1, 0.15) is 22.5 Å². The van der Waals surface area contributed by atoms with Gasteiger partial charge in [0.05, 0.1) is 23.5 Å². The lowest BCUT2D eigenvalue weighted by atomic mass is 9.77. The molecule has 0 saturated carbocycles. The maximum absolute atomic E-state index is 16.3. The highest BCUT2D eigenvalue weighted by molar-refractivity contribution is 7.12. The average Bonchev–Trinajstić information content (AvgIpc) is 2.01. The fraction of sp³-hybridized carbons (Fsp3) is 0.348. The number of nitrogens with one attached hydrogen (secondary N) is 2. The molecule has 18 heteroatoms. The third-order valence-electron chi connectivity index (χ3n) is 16.1. The molecule has 2 fully saturated rings. The van der Waals surface area contributed by atoms with Gasteiger partial charge >= 0.3 is 5.97 Å². The topological polar surface area (TPSA) is 237 Å². The van der Waals surface area contributed by atoms with E-state index in [1.54, 1.807) is 22.4 Å². The number of thiazole rings is 2. The van der Waals surface area contributed by atoms with Gasteiger partial charge in [0.2, 0.25) is 17.7 Å². The molecule has 6 N–H and O–H groups in total. The molecule has 7 aromatic rings. The highest BCUT2D eigenvalue weighted by Gasteiger charge is 2.63. The summed E-state index contributed by atoms with van der Waals surface area (Å²) in [4.78, 5) is 119. The average molecular weight is 1170 g/mol. The third kappa shape index (κ3) is 14.1. The van der Waals surface area contributed by atoms with Crippen molar-refractivity contribution in [3.8, 4) is 0 Å². The first-order valence-electron chi connectivity index (χ1n) is 29.0. The second-order valence-electron chi connectivity index (χ2n) is 21.4. The Hall–Kier alpha value is -8.03. The summed E-state index contributed by atoms with van der Waals surface area (Å²) in [6.07, 6.45) is 4.50. The van der Waals surface area contributed by atoms with Crippen LogP contribution in [0.15, 0.2) is 169 Å². The molecule has 2 aliphatic heterocycles. The first kappa shape index (κ1) is 60.6. The summed E-state index contributed by atoms with van der Waals surface area (Å²) in [6.45, 7) is 0.833. The number of nitrogens with zero attached hydrogens (tertiary/aromatic N) is 4. The molecular weight excluding hydrogens is 1100 g/mol. The molecule has 0 radical (unpaired) electrons. The molecule has 16 nitrogen and oxygen atoms in total. The summed E-state index contributed by atoms with van der Waals surface area (Å²) in [6, 6.07) is 44.5. The van der Waals surface area contributed by atoms with E-state index in [1.807, 2.05) is 140 Å². The second-order valence-corrected chi connectivity index (χ2v) is 23.2. The van der Waals surface area contributed by atoms with E-state index in [9.17, 15) is 14.4 Å². The van der Waals surface area contributed by atoms with Gasteiger partial charge in [-0.2, -0.15) is 0 Å². The maximum Gasteiger partial charge on any atom is 0.358 e. The summed E-state index contributed by atoms with van der Waals surface area (Å²) < 4.78 is 5.63. The molecule has 2 saturated heterocycles. The van der Waals surface area contributed by atoms with E-state index >= 15 is 19.2 Å². The first-order valence-corrected chi connectivity index (χ1v) is 30.7. The second kappa shape index (κ2) is 29.5. The molecule has 436 valence electrons. The zero-order chi connectivity index (χ0) is 58.8. The monoisotopic (exact) mass is 1170 g/mol. The highest BCUT2D eigenvalue weighted by Crippen LogP contribution is 2.48. The predicted octanol–water partition coefficient (Wildman–Crippen LogP) is 9.12. The molecule has 4 amide bonds.